The zero-order valence-corrected chi connectivity index (χ0v) is 9.01. The van der Waals surface area contributed by atoms with E-state index in [1.165, 1.54) is 24.4 Å². The highest BCUT2D eigenvalue weighted by atomic mass is 19.4. The molecule has 1 aromatic heterocycles. The highest BCUT2D eigenvalue weighted by molar-refractivity contribution is 6.08. The van der Waals surface area contributed by atoms with Crippen LogP contribution in [0.2, 0.25) is 0 Å². The van der Waals surface area contributed by atoms with Crippen molar-refractivity contribution in [3.63, 3.8) is 0 Å². The lowest BCUT2D eigenvalue weighted by atomic mass is 10.1. The average Bonchev–Trinajstić information content (AvgIpc) is 2.69. The van der Waals surface area contributed by atoms with Crippen molar-refractivity contribution in [2.24, 2.45) is 0 Å². The molecule has 0 aliphatic carbocycles. The number of nitrogens with one attached hydrogen (secondary N) is 1. The minimum absolute atomic E-state index is 0.00758. The second kappa shape index (κ2) is 4.18. The molecule has 0 aliphatic rings. The minimum Gasteiger partial charge on any atom is -0.360 e. The first-order valence-corrected chi connectivity index (χ1v) is 5.02. The summed E-state index contributed by atoms with van der Waals surface area (Å²) in [6, 6.07) is 6.32. The molecule has 92 valence electrons. The number of Topliss-reactive ketones (excluding diaryl/α,β-unsaturated/α-hetero) is 1. The van der Waals surface area contributed by atoms with Crippen LogP contribution in [0.3, 0.4) is 0 Å². The maximum absolute atomic E-state index is 12.1. The number of benzene rings is 1. The van der Waals surface area contributed by atoms with E-state index < -0.39 is 18.4 Å². The Hall–Kier alpha value is -2.29. The Balaban J connectivity index is 2.42. The number of alkyl halides is 3. The van der Waals surface area contributed by atoms with E-state index in [9.17, 15) is 18.0 Å². The molecule has 0 unspecified atom stereocenters. The summed E-state index contributed by atoms with van der Waals surface area (Å²) in [4.78, 5) is 14.2. The van der Waals surface area contributed by atoms with Gasteiger partial charge < -0.3 is 4.98 Å². The molecule has 0 saturated heterocycles. The van der Waals surface area contributed by atoms with E-state index in [2.05, 4.69) is 4.98 Å². The fraction of sp³-hybridized carbons (Fsp3) is 0.167. The molecule has 1 heterocycles. The number of rotatable bonds is 2. The van der Waals surface area contributed by atoms with Crippen molar-refractivity contribution in [1.82, 2.24) is 4.98 Å². The van der Waals surface area contributed by atoms with Gasteiger partial charge in [0.2, 0.25) is 0 Å². The highest BCUT2D eigenvalue weighted by Gasteiger charge is 2.32. The first-order valence-electron chi connectivity index (χ1n) is 5.02. The number of aromatic nitrogens is 1. The number of carbonyl (C=O) groups excluding carboxylic acids is 1. The largest absolute Gasteiger partial charge is 0.396 e. The maximum atomic E-state index is 12.1. The number of aromatic amines is 1. The molecule has 0 bridgehead atoms. The van der Waals surface area contributed by atoms with Crippen molar-refractivity contribution in [1.29, 1.82) is 5.26 Å². The molecule has 0 spiro atoms. The molecule has 6 heteroatoms. The Labute approximate surface area is 99.8 Å². The average molecular weight is 252 g/mol. The van der Waals surface area contributed by atoms with Gasteiger partial charge in [0.25, 0.3) is 0 Å². The van der Waals surface area contributed by atoms with E-state index in [0.29, 0.717) is 16.5 Å². The third-order valence-corrected chi connectivity index (χ3v) is 2.47. The normalized spacial score (nSPS) is 11.4. The number of ketones is 1. The molecular formula is C12H7F3N2O. The van der Waals surface area contributed by atoms with Crippen molar-refractivity contribution in [3.8, 4) is 6.07 Å². The standard InChI is InChI=1S/C12H7F3N2O/c13-12(14,15)4-11(18)9-6-17-10-3-7(5-16)1-2-8(9)10/h1-3,6,17H,4H2. The minimum atomic E-state index is -4.52. The lowest BCUT2D eigenvalue weighted by Gasteiger charge is -2.04. The topological polar surface area (TPSA) is 56.6 Å². The summed E-state index contributed by atoms with van der Waals surface area (Å²) in [7, 11) is 0. The van der Waals surface area contributed by atoms with Gasteiger partial charge in [-0.15, -0.1) is 0 Å². The van der Waals surface area contributed by atoms with Gasteiger partial charge in [-0.2, -0.15) is 18.4 Å². The molecule has 2 aromatic rings. The van der Waals surface area contributed by atoms with Gasteiger partial charge in [0.15, 0.2) is 5.78 Å². The molecule has 0 saturated carbocycles. The SMILES string of the molecule is N#Cc1ccc2c(C(=O)CC(F)(F)F)c[nH]c2c1. The van der Waals surface area contributed by atoms with E-state index in [1.807, 2.05) is 6.07 Å². The van der Waals surface area contributed by atoms with E-state index in [4.69, 9.17) is 5.26 Å². The predicted octanol–water partition coefficient (Wildman–Crippen LogP) is 3.17. The summed E-state index contributed by atoms with van der Waals surface area (Å²) in [5.74, 6) is -0.988. The van der Waals surface area contributed by atoms with Crippen LogP contribution in [-0.2, 0) is 0 Å². The van der Waals surface area contributed by atoms with Crippen molar-refractivity contribution >= 4 is 16.7 Å². The van der Waals surface area contributed by atoms with Crippen LogP contribution in [0.1, 0.15) is 22.3 Å². The van der Waals surface area contributed by atoms with Crippen LogP contribution in [0.5, 0.6) is 0 Å². The molecule has 0 radical (unpaired) electrons. The zero-order chi connectivity index (χ0) is 13.3. The van der Waals surface area contributed by atoms with Gasteiger partial charge in [0, 0.05) is 22.7 Å². The van der Waals surface area contributed by atoms with Gasteiger partial charge in [-0.05, 0) is 12.1 Å². The number of nitriles is 1. The van der Waals surface area contributed by atoms with Crippen LogP contribution < -0.4 is 0 Å². The van der Waals surface area contributed by atoms with Gasteiger partial charge in [0.1, 0.15) is 6.42 Å². The molecule has 2 rings (SSSR count). The summed E-state index contributed by atoms with van der Waals surface area (Å²) in [5, 5.41) is 9.08. The van der Waals surface area contributed by atoms with Crippen LogP contribution >= 0.6 is 0 Å². The fourth-order valence-corrected chi connectivity index (χ4v) is 1.70. The Morgan fingerprint density at radius 1 is 1.39 bits per heavy atom. The molecule has 3 nitrogen and oxygen atoms in total. The molecule has 0 atom stereocenters. The summed E-state index contributed by atoms with van der Waals surface area (Å²) >= 11 is 0. The zero-order valence-electron chi connectivity index (χ0n) is 9.01. The van der Waals surface area contributed by atoms with Crippen molar-refractivity contribution in [2.75, 3.05) is 0 Å². The monoisotopic (exact) mass is 252 g/mol. The Morgan fingerprint density at radius 3 is 2.72 bits per heavy atom. The summed E-state index contributed by atoms with van der Waals surface area (Å²) in [6.07, 6.45) is -4.77. The van der Waals surface area contributed by atoms with E-state index in [0.717, 1.165) is 0 Å². The quantitative estimate of drug-likeness (QED) is 0.834. The molecule has 0 fully saturated rings. The third kappa shape index (κ3) is 2.35. The number of H-pyrrole nitrogens is 1. The summed E-state index contributed by atoms with van der Waals surface area (Å²) in [6.45, 7) is 0. The Morgan fingerprint density at radius 2 is 2.11 bits per heavy atom. The molecular weight excluding hydrogens is 245 g/mol. The molecule has 18 heavy (non-hydrogen) atoms. The lowest BCUT2D eigenvalue weighted by molar-refractivity contribution is -0.125. The van der Waals surface area contributed by atoms with Gasteiger partial charge in [-0.1, -0.05) is 6.07 Å². The summed E-state index contributed by atoms with van der Waals surface area (Å²) in [5.41, 5.74) is 0.838. The number of hydrogen-bond donors (Lipinski definition) is 1. The van der Waals surface area contributed by atoms with Gasteiger partial charge in [-0.3, -0.25) is 4.79 Å². The number of fused-ring (bicyclic) bond motifs is 1. The fourth-order valence-electron chi connectivity index (χ4n) is 1.70. The van der Waals surface area contributed by atoms with Crippen LogP contribution in [-0.4, -0.2) is 16.9 Å². The van der Waals surface area contributed by atoms with Crippen LogP contribution in [0, 0.1) is 11.3 Å². The predicted molar refractivity (Wildman–Crippen MR) is 58.0 cm³/mol. The third-order valence-electron chi connectivity index (χ3n) is 2.47. The smallest absolute Gasteiger partial charge is 0.360 e. The van der Waals surface area contributed by atoms with E-state index in [1.54, 1.807) is 0 Å². The second-order valence-electron chi connectivity index (χ2n) is 3.79. The molecule has 1 aromatic carbocycles. The van der Waals surface area contributed by atoms with Crippen molar-refractivity contribution in [2.45, 2.75) is 12.6 Å². The highest BCUT2D eigenvalue weighted by Crippen LogP contribution is 2.26. The summed E-state index contributed by atoms with van der Waals surface area (Å²) < 4.78 is 36.4. The number of hydrogen-bond acceptors (Lipinski definition) is 2. The van der Waals surface area contributed by atoms with Crippen LogP contribution in [0.4, 0.5) is 13.2 Å². The number of halogens is 3. The van der Waals surface area contributed by atoms with Crippen molar-refractivity contribution < 1.29 is 18.0 Å². The Kier molecular flexibility index (Phi) is 2.83. The van der Waals surface area contributed by atoms with Crippen LogP contribution in [0.25, 0.3) is 10.9 Å². The van der Waals surface area contributed by atoms with Crippen molar-refractivity contribution in [3.05, 3.63) is 35.5 Å². The first kappa shape index (κ1) is 12.2. The van der Waals surface area contributed by atoms with E-state index >= 15 is 0 Å². The van der Waals surface area contributed by atoms with Gasteiger partial charge in [0.05, 0.1) is 11.6 Å². The van der Waals surface area contributed by atoms with Gasteiger partial charge in [-0.25, -0.2) is 0 Å². The number of nitrogens with zero attached hydrogens (tertiary/aromatic N) is 1. The van der Waals surface area contributed by atoms with E-state index in [-0.39, 0.29) is 5.56 Å². The number of carbonyl (C=O) groups is 1. The Bertz CT molecular complexity index is 649. The first-order chi connectivity index (χ1) is 8.40. The molecule has 0 amide bonds. The second-order valence-corrected chi connectivity index (χ2v) is 3.79. The maximum Gasteiger partial charge on any atom is 0.396 e. The molecule has 1 N–H and O–H groups in total. The van der Waals surface area contributed by atoms with Gasteiger partial charge >= 0.3 is 6.18 Å². The lowest BCUT2D eigenvalue weighted by Crippen LogP contribution is -2.14. The molecule has 0 aliphatic heterocycles. The van der Waals surface area contributed by atoms with Crippen LogP contribution in [0.15, 0.2) is 24.4 Å².